The average molecular weight is 460 g/mol. The molecule has 1 atom stereocenters. The lowest BCUT2D eigenvalue weighted by molar-refractivity contribution is -0.0239. The van der Waals surface area contributed by atoms with Gasteiger partial charge >= 0.3 is 6.09 Å². The van der Waals surface area contributed by atoms with E-state index in [1.165, 1.54) is 7.11 Å². The number of alkyl halides is 1. The Morgan fingerprint density at radius 2 is 1.73 bits per heavy atom. The van der Waals surface area contributed by atoms with E-state index >= 15 is 0 Å². The lowest BCUT2D eigenvalue weighted by Gasteiger charge is -2.42. The minimum Gasteiger partial charge on any atom is -0.493 e. The zero-order valence-corrected chi connectivity index (χ0v) is 19.8. The molecule has 1 saturated heterocycles. The number of piperidine rings is 1. The minimum atomic E-state index is -1.30. The number of benzene rings is 2. The van der Waals surface area contributed by atoms with Gasteiger partial charge in [-0.2, -0.15) is 0 Å². The fourth-order valence-corrected chi connectivity index (χ4v) is 4.31. The molecule has 1 fully saturated rings. The van der Waals surface area contributed by atoms with Crippen LogP contribution in [0.25, 0.3) is 0 Å². The van der Waals surface area contributed by atoms with Crippen LogP contribution in [0.4, 0.5) is 9.18 Å². The number of ether oxygens (including phenoxy) is 3. The first-order chi connectivity index (χ1) is 15.7. The molecule has 0 aromatic heterocycles. The third kappa shape index (κ3) is 5.77. The second-order valence-corrected chi connectivity index (χ2v) is 9.28. The van der Waals surface area contributed by atoms with E-state index in [9.17, 15) is 14.3 Å². The smallest absolute Gasteiger partial charge is 0.410 e. The monoisotopic (exact) mass is 459 g/mol. The van der Waals surface area contributed by atoms with Crippen LogP contribution in [0.5, 0.6) is 11.5 Å². The Labute approximate surface area is 195 Å². The number of likely N-dealkylation sites (tertiary alicyclic amines) is 1. The summed E-state index contributed by atoms with van der Waals surface area (Å²) in [5, 5.41) is 12.2. The van der Waals surface area contributed by atoms with Crippen molar-refractivity contribution in [1.82, 2.24) is 4.90 Å². The van der Waals surface area contributed by atoms with Gasteiger partial charge in [0.15, 0.2) is 11.5 Å². The fraction of sp³-hybridized carbons (Fsp3) is 0.500. The maximum absolute atomic E-state index is 12.6. The molecule has 180 valence electrons. The van der Waals surface area contributed by atoms with Crippen molar-refractivity contribution in [2.45, 2.75) is 44.8 Å². The number of rotatable bonds is 7. The van der Waals surface area contributed by atoms with Crippen molar-refractivity contribution in [2.75, 3.05) is 33.5 Å². The third-order valence-electron chi connectivity index (χ3n) is 5.89. The van der Waals surface area contributed by atoms with Crippen LogP contribution in [0.2, 0.25) is 0 Å². The molecule has 2 aromatic rings. The third-order valence-corrected chi connectivity index (χ3v) is 5.89. The van der Waals surface area contributed by atoms with Crippen LogP contribution < -0.4 is 9.47 Å². The van der Waals surface area contributed by atoms with Crippen molar-refractivity contribution in [3.05, 3.63) is 59.7 Å². The number of nitrogens with zero attached hydrogens (tertiary/aromatic N) is 1. The molecule has 7 heteroatoms. The van der Waals surface area contributed by atoms with Crippen LogP contribution in [0, 0.1) is 5.92 Å². The number of carbonyl (C=O) groups is 1. The average Bonchev–Trinajstić information content (AvgIpc) is 2.81. The zero-order valence-electron chi connectivity index (χ0n) is 19.8. The maximum Gasteiger partial charge on any atom is 0.410 e. The first-order valence-electron chi connectivity index (χ1n) is 11.3. The second kappa shape index (κ2) is 10.4. The van der Waals surface area contributed by atoms with Crippen molar-refractivity contribution >= 4 is 6.09 Å². The number of aliphatic hydroxyl groups is 1. The van der Waals surface area contributed by atoms with E-state index < -0.39 is 17.9 Å². The highest BCUT2D eigenvalue weighted by molar-refractivity contribution is 5.68. The standard InChI is InChI=1S/C26H34FNO5/c1-25(2,3)33-24(29)28-15-12-20(13-16-28)26(30,19-8-6-5-7-9-19)21-10-11-22(32-17-14-27)23(18-21)31-4/h5-11,18,20,30H,12-17H2,1-4H3. The van der Waals surface area contributed by atoms with Gasteiger partial charge in [-0.15, -0.1) is 0 Å². The van der Waals surface area contributed by atoms with Crippen LogP contribution in [-0.4, -0.2) is 55.2 Å². The van der Waals surface area contributed by atoms with E-state index in [4.69, 9.17) is 14.2 Å². The maximum atomic E-state index is 12.6. The molecular weight excluding hydrogens is 425 g/mol. The van der Waals surface area contributed by atoms with Gasteiger partial charge in [-0.05, 0) is 62.8 Å². The van der Waals surface area contributed by atoms with Crippen LogP contribution >= 0.6 is 0 Å². The van der Waals surface area contributed by atoms with E-state index in [0.29, 0.717) is 43.0 Å². The normalized spacial score (nSPS) is 16.7. The topological polar surface area (TPSA) is 68.2 Å². The molecule has 6 nitrogen and oxygen atoms in total. The van der Waals surface area contributed by atoms with Crippen LogP contribution in [-0.2, 0) is 10.3 Å². The van der Waals surface area contributed by atoms with Crippen LogP contribution in [0.15, 0.2) is 48.5 Å². The highest BCUT2D eigenvalue weighted by atomic mass is 19.1. The quantitative estimate of drug-likeness (QED) is 0.636. The first-order valence-corrected chi connectivity index (χ1v) is 11.3. The fourth-order valence-electron chi connectivity index (χ4n) is 4.31. The van der Waals surface area contributed by atoms with Gasteiger partial charge in [-0.1, -0.05) is 36.4 Å². The molecule has 1 amide bonds. The van der Waals surface area contributed by atoms with Gasteiger partial charge in [0.2, 0.25) is 0 Å². The van der Waals surface area contributed by atoms with Gasteiger partial charge in [0.05, 0.1) is 7.11 Å². The van der Waals surface area contributed by atoms with E-state index in [2.05, 4.69) is 0 Å². The van der Waals surface area contributed by atoms with Gasteiger partial charge in [-0.25, -0.2) is 9.18 Å². The molecule has 1 N–H and O–H groups in total. The van der Waals surface area contributed by atoms with Gasteiger partial charge in [0, 0.05) is 13.1 Å². The molecule has 0 bridgehead atoms. The predicted octanol–water partition coefficient (Wildman–Crippen LogP) is 4.93. The molecule has 0 radical (unpaired) electrons. The Bertz CT molecular complexity index is 922. The van der Waals surface area contributed by atoms with Crippen molar-refractivity contribution < 1.29 is 28.5 Å². The Morgan fingerprint density at radius 3 is 2.30 bits per heavy atom. The number of amides is 1. The second-order valence-electron chi connectivity index (χ2n) is 9.28. The van der Waals surface area contributed by atoms with Crippen molar-refractivity contribution in [2.24, 2.45) is 5.92 Å². The molecule has 1 aliphatic rings. The molecular formula is C26H34FNO5. The first kappa shape index (κ1) is 24.8. The Hall–Kier alpha value is -2.80. The van der Waals surface area contributed by atoms with E-state index in [-0.39, 0.29) is 18.6 Å². The van der Waals surface area contributed by atoms with Gasteiger partial charge < -0.3 is 24.2 Å². The lowest BCUT2D eigenvalue weighted by atomic mass is 9.72. The number of hydrogen-bond donors (Lipinski definition) is 1. The van der Waals surface area contributed by atoms with Gasteiger partial charge in [0.25, 0.3) is 0 Å². The van der Waals surface area contributed by atoms with E-state index in [0.717, 1.165) is 5.56 Å². The highest BCUT2D eigenvalue weighted by Gasteiger charge is 2.43. The Balaban J connectivity index is 1.90. The summed E-state index contributed by atoms with van der Waals surface area (Å²) in [5.41, 5.74) is -0.428. The molecule has 33 heavy (non-hydrogen) atoms. The van der Waals surface area contributed by atoms with Crippen molar-refractivity contribution in [3.63, 3.8) is 0 Å². The number of halogens is 1. The summed E-state index contributed by atoms with van der Waals surface area (Å²) in [4.78, 5) is 14.2. The lowest BCUT2D eigenvalue weighted by Crippen LogP contribution is -2.47. The summed E-state index contributed by atoms with van der Waals surface area (Å²) in [5.74, 6) is 0.719. The zero-order chi connectivity index (χ0) is 24.1. The van der Waals surface area contributed by atoms with Gasteiger partial charge in [-0.3, -0.25) is 0 Å². The largest absolute Gasteiger partial charge is 0.493 e. The summed E-state index contributed by atoms with van der Waals surface area (Å²) in [6.07, 6.45) is 0.875. The van der Waals surface area contributed by atoms with E-state index in [1.807, 2.05) is 51.1 Å². The highest BCUT2D eigenvalue weighted by Crippen LogP contribution is 2.44. The number of hydrogen-bond acceptors (Lipinski definition) is 5. The molecule has 1 aliphatic heterocycles. The Kier molecular flexibility index (Phi) is 7.84. The summed E-state index contributed by atoms with van der Waals surface area (Å²) < 4.78 is 29.0. The van der Waals surface area contributed by atoms with Crippen LogP contribution in [0.1, 0.15) is 44.7 Å². The molecule has 1 heterocycles. The SMILES string of the molecule is COc1cc(C(O)(c2ccccc2)C2CCN(C(=O)OC(C)(C)C)CC2)ccc1OCCF. The van der Waals surface area contributed by atoms with E-state index in [1.54, 1.807) is 23.1 Å². The van der Waals surface area contributed by atoms with Gasteiger partial charge in [0.1, 0.15) is 24.5 Å². The molecule has 0 spiro atoms. The summed E-state index contributed by atoms with van der Waals surface area (Å²) in [6.45, 7) is 5.85. The minimum absolute atomic E-state index is 0.0677. The summed E-state index contributed by atoms with van der Waals surface area (Å²) in [7, 11) is 1.52. The summed E-state index contributed by atoms with van der Waals surface area (Å²) in [6, 6.07) is 14.7. The molecule has 2 aromatic carbocycles. The van der Waals surface area contributed by atoms with Crippen molar-refractivity contribution in [1.29, 1.82) is 0 Å². The Morgan fingerprint density at radius 1 is 1.06 bits per heavy atom. The van der Waals surface area contributed by atoms with Crippen molar-refractivity contribution in [3.8, 4) is 11.5 Å². The molecule has 0 saturated carbocycles. The molecule has 1 unspecified atom stereocenters. The summed E-state index contributed by atoms with van der Waals surface area (Å²) >= 11 is 0. The molecule has 3 rings (SSSR count). The number of methoxy groups -OCH3 is 1. The van der Waals surface area contributed by atoms with Crippen LogP contribution in [0.3, 0.4) is 0 Å². The number of carbonyl (C=O) groups excluding carboxylic acids is 1. The predicted molar refractivity (Wildman–Crippen MR) is 124 cm³/mol. The molecule has 0 aliphatic carbocycles.